The molecule has 0 radical (unpaired) electrons. The number of halogens is 3. The van der Waals surface area contributed by atoms with Gasteiger partial charge in [0.05, 0.1) is 23.4 Å². The Hall–Kier alpha value is -1.38. The van der Waals surface area contributed by atoms with Crippen molar-refractivity contribution in [3.63, 3.8) is 0 Å². The first-order chi connectivity index (χ1) is 10.9. The number of carbonyl (C=O) groups is 1. The molecule has 0 aliphatic carbocycles. The molecule has 23 heavy (non-hydrogen) atoms. The molecule has 0 spiro atoms. The lowest BCUT2D eigenvalue weighted by Gasteiger charge is -2.07. The van der Waals surface area contributed by atoms with Crippen molar-refractivity contribution in [2.45, 2.75) is 0 Å². The molecule has 2 N–H and O–H groups in total. The minimum Gasteiger partial charge on any atom is -0.506 e. The average molecular weight is 507 g/mol. The van der Waals surface area contributed by atoms with Crippen molar-refractivity contribution in [1.82, 2.24) is 5.43 Å². The molecule has 0 atom stereocenters. The van der Waals surface area contributed by atoms with Crippen LogP contribution in [0.3, 0.4) is 0 Å². The van der Waals surface area contributed by atoms with Gasteiger partial charge >= 0.3 is 0 Å². The largest absolute Gasteiger partial charge is 0.506 e. The number of rotatable bonds is 4. The first-order valence-corrected chi connectivity index (χ1v) is 8.65. The summed E-state index contributed by atoms with van der Waals surface area (Å²) in [5.74, 6) is 0.0492. The maximum absolute atomic E-state index is 12.2. The van der Waals surface area contributed by atoms with E-state index in [-0.39, 0.29) is 5.75 Å². The summed E-state index contributed by atoms with van der Waals surface area (Å²) in [5.41, 5.74) is 3.20. The maximum atomic E-state index is 12.2. The van der Waals surface area contributed by atoms with Crippen molar-refractivity contribution >= 4 is 59.9 Å². The Bertz CT molecular complexity index is 779. The SMILES string of the molecule is COc1ccc(Br)cc1C(=O)NN=Cc1cc(Br)cc(Br)c1O. The van der Waals surface area contributed by atoms with Gasteiger partial charge in [0.2, 0.25) is 0 Å². The Morgan fingerprint density at radius 2 is 1.96 bits per heavy atom. The van der Waals surface area contributed by atoms with Crippen LogP contribution in [0.4, 0.5) is 0 Å². The molecular weight excluding hydrogens is 496 g/mol. The van der Waals surface area contributed by atoms with Crippen LogP contribution in [-0.4, -0.2) is 24.3 Å². The zero-order valence-corrected chi connectivity index (χ0v) is 16.6. The number of benzene rings is 2. The number of methoxy groups -OCH3 is 1. The fourth-order valence-electron chi connectivity index (χ4n) is 1.76. The standard InChI is InChI=1S/C15H11Br3N2O3/c1-23-13-3-2-9(16)5-11(13)15(22)20-19-7-8-4-10(17)6-12(18)14(8)21/h2-7,21H,1H3,(H,20,22). The number of hydrogen-bond acceptors (Lipinski definition) is 4. The minimum atomic E-state index is -0.423. The van der Waals surface area contributed by atoms with Gasteiger partial charge in [0.15, 0.2) is 0 Å². The number of hydrazone groups is 1. The lowest BCUT2D eigenvalue weighted by Crippen LogP contribution is -2.18. The molecule has 0 aliphatic heterocycles. The molecule has 0 saturated carbocycles. The van der Waals surface area contributed by atoms with Gasteiger partial charge in [0.25, 0.3) is 5.91 Å². The third kappa shape index (κ3) is 4.55. The van der Waals surface area contributed by atoms with Crippen molar-refractivity contribution in [3.05, 3.63) is 54.9 Å². The Morgan fingerprint density at radius 1 is 1.22 bits per heavy atom. The van der Waals surface area contributed by atoms with Gasteiger partial charge in [0.1, 0.15) is 11.5 Å². The van der Waals surface area contributed by atoms with Crippen LogP contribution in [0.15, 0.2) is 48.9 Å². The van der Waals surface area contributed by atoms with Gasteiger partial charge in [-0.25, -0.2) is 5.43 Å². The van der Waals surface area contributed by atoms with Crippen molar-refractivity contribution in [2.24, 2.45) is 5.10 Å². The van der Waals surface area contributed by atoms with E-state index in [1.807, 2.05) is 0 Å². The normalized spacial score (nSPS) is 10.8. The predicted molar refractivity (Wildman–Crippen MR) is 99.3 cm³/mol. The Balaban J connectivity index is 2.18. The van der Waals surface area contributed by atoms with Crippen molar-refractivity contribution in [1.29, 1.82) is 0 Å². The average Bonchev–Trinajstić information content (AvgIpc) is 2.51. The van der Waals surface area contributed by atoms with Gasteiger partial charge in [-0.3, -0.25) is 4.79 Å². The molecule has 0 heterocycles. The molecule has 1 amide bonds. The summed E-state index contributed by atoms with van der Waals surface area (Å²) in [6, 6.07) is 8.47. The monoisotopic (exact) mass is 504 g/mol. The summed E-state index contributed by atoms with van der Waals surface area (Å²) < 4.78 is 7.19. The maximum Gasteiger partial charge on any atom is 0.275 e. The van der Waals surface area contributed by atoms with Gasteiger partial charge in [-0.1, -0.05) is 31.9 Å². The highest BCUT2D eigenvalue weighted by Gasteiger charge is 2.12. The van der Waals surface area contributed by atoms with Crippen molar-refractivity contribution < 1.29 is 14.6 Å². The van der Waals surface area contributed by atoms with Crippen LogP contribution in [0.1, 0.15) is 15.9 Å². The Kier molecular flexibility index (Phi) is 6.20. The number of phenolic OH excluding ortho intramolecular Hbond substituents is 1. The highest BCUT2D eigenvalue weighted by atomic mass is 79.9. The summed E-state index contributed by atoms with van der Waals surface area (Å²) in [6.45, 7) is 0. The summed E-state index contributed by atoms with van der Waals surface area (Å²) in [5, 5.41) is 13.8. The molecule has 2 aromatic carbocycles. The molecule has 0 saturated heterocycles. The van der Waals surface area contributed by atoms with Crippen LogP contribution in [0.2, 0.25) is 0 Å². The highest BCUT2D eigenvalue weighted by molar-refractivity contribution is 9.11. The van der Waals surface area contributed by atoms with Crippen LogP contribution < -0.4 is 10.2 Å². The summed E-state index contributed by atoms with van der Waals surface area (Å²) in [6.07, 6.45) is 1.35. The zero-order valence-electron chi connectivity index (χ0n) is 11.8. The number of amides is 1. The van der Waals surface area contributed by atoms with Gasteiger partial charge in [-0.2, -0.15) is 5.10 Å². The van der Waals surface area contributed by atoms with Crippen LogP contribution in [-0.2, 0) is 0 Å². The molecule has 0 fully saturated rings. The van der Waals surface area contributed by atoms with Crippen LogP contribution in [0.5, 0.6) is 11.5 Å². The summed E-state index contributed by atoms with van der Waals surface area (Å²) in [4.78, 5) is 12.2. The number of phenols is 1. The second-order valence-corrected chi connectivity index (χ2v) is 7.05. The quantitative estimate of drug-likeness (QED) is 0.475. The second kappa shape index (κ2) is 7.94. The molecule has 5 nitrogen and oxygen atoms in total. The summed E-state index contributed by atoms with van der Waals surface area (Å²) in [7, 11) is 1.49. The molecule has 0 bridgehead atoms. The van der Waals surface area contributed by atoms with Gasteiger partial charge < -0.3 is 9.84 Å². The van der Waals surface area contributed by atoms with E-state index in [1.165, 1.54) is 13.3 Å². The predicted octanol–water partition coefficient (Wildman–Crippen LogP) is 4.45. The molecular formula is C15H11Br3N2O3. The van der Waals surface area contributed by atoms with Crippen LogP contribution in [0, 0.1) is 0 Å². The molecule has 0 aromatic heterocycles. The van der Waals surface area contributed by atoms with Crippen LogP contribution >= 0.6 is 47.8 Å². The van der Waals surface area contributed by atoms with E-state index in [9.17, 15) is 9.90 Å². The molecule has 2 rings (SSSR count). The Labute approximate surface area is 158 Å². The van der Waals surface area contributed by atoms with E-state index in [4.69, 9.17) is 4.74 Å². The topological polar surface area (TPSA) is 70.9 Å². The lowest BCUT2D eigenvalue weighted by atomic mass is 10.2. The number of hydrogen-bond donors (Lipinski definition) is 2. The number of carbonyl (C=O) groups excluding carboxylic acids is 1. The number of ether oxygens (including phenoxy) is 1. The summed E-state index contributed by atoms with van der Waals surface area (Å²) >= 11 is 9.86. The van der Waals surface area contributed by atoms with E-state index in [0.29, 0.717) is 21.3 Å². The number of nitrogens with zero attached hydrogens (tertiary/aromatic N) is 1. The molecule has 120 valence electrons. The minimum absolute atomic E-state index is 0.0336. The smallest absolute Gasteiger partial charge is 0.275 e. The number of aromatic hydroxyl groups is 1. The van der Waals surface area contributed by atoms with Gasteiger partial charge in [-0.15, -0.1) is 0 Å². The van der Waals surface area contributed by atoms with E-state index in [0.717, 1.165) is 8.95 Å². The van der Waals surface area contributed by atoms with E-state index in [2.05, 4.69) is 58.3 Å². The van der Waals surface area contributed by atoms with Crippen molar-refractivity contribution in [3.8, 4) is 11.5 Å². The van der Waals surface area contributed by atoms with Gasteiger partial charge in [0, 0.05) is 14.5 Å². The molecule has 0 unspecified atom stereocenters. The molecule has 0 aliphatic rings. The number of nitrogens with one attached hydrogen (secondary N) is 1. The van der Waals surface area contributed by atoms with Gasteiger partial charge in [-0.05, 0) is 46.3 Å². The molecule has 8 heteroatoms. The zero-order chi connectivity index (χ0) is 17.0. The Morgan fingerprint density at radius 3 is 2.65 bits per heavy atom. The first kappa shape index (κ1) is 18.0. The second-order valence-electron chi connectivity index (χ2n) is 4.37. The highest BCUT2D eigenvalue weighted by Crippen LogP contribution is 2.30. The van der Waals surface area contributed by atoms with Crippen LogP contribution in [0.25, 0.3) is 0 Å². The van der Waals surface area contributed by atoms with E-state index >= 15 is 0 Å². The third-order valence-corrected chi connectivity index (χ3v) is 4.39. The van der Waals surface area contributed by atoms with E-state index in [1.54, 1.807) is 30.3 Å². The van der Waals surface area contributed by atoms with E-state index < -0.39 is 5.91 Å². The fourth-order valence-corrected chi connectivity index (χ4v) is 3.38. The fraction of sp³-hybridized carbons (Fsp3) is 0.0667. The lowest BCUT2D eigenvalue weighted by molar-refractivity contribution is 0.0952. The third-order valence-electron chi connectivity index (χ3n) is 2.83. The van der Waals surface area contributed by atoms with Crippen molar-refractivity contribution in [2.75, 3.05) is 7.11 Å². The first-order valence-electron chi connectivity index (χ1n) is 6.27. The molecule has 2 aromatic rings.